The number of nitrogen functional groups attached to an aromatic ring is 1. The van der Waals surface area contributed by atoms with Gasteiger partial charge >= 0.3 is 0 Å². The topological polar surface area (TPSA) is 56.7 Å². The molecule has 13 heavy (non-hydrogen) atoms. The van der Waals surface area contributed by atoms with Gasteiger partial charge in [-0.3, -0.25) is 0 Å². The molecule has 0 fully saturated rings. The smallest absolute Gasteiger partial charge is 0.212 e. The van der Waals surface area contributed by atoms with E-state index in [1.807, 2.05) is 19.2 Å². The number of aromatic nitrogens is 3. The highest BCUT2D eigenvalue weighted by Crippen LogP contribution is 2.20. The Bertz CT molecular complexity index is 416. The lowest BCUT2D eigenvalue weighted by atomic mass is 10.3. The molecule has 0 aromatic carbocycles. The van der Waals surface area contributed by atoms with Gasteiger partial charge in [0, 0.05) is 17.1 Å². The van der Waals surface area contributed by atoms with E-state index in [4.69, 9.17) is 5.73 Å². The van der Waals surface area contributed by atoms with Crippen LogP contribution in [0.5, 0.6) is 0 Å². The fourth-order valence-electron chi connectivity index (χ4n) is 1.09. The molecular weight excluding hydrogens is 184 g/mol. The normalized spacial score (nSPS) is 10.6. The molecule has 2 aromatic rings. The van der Waals surface area contributed by atoms with Crippen molar-refractivity contribution in [1.82, 2.24) is 14.8 Å². The maximum absolute atomic E-state index is 5.86. The second-order valence-electron chi connectivity index (χ2n) is 2.82. The summed E-state index contributed by atoms with van der Waals surface area (Å²) in [5.41, 5.74) is 7.84. The molecule has 0 aliphatic heterocycles. The third-order valence-corrected chi connectivity index (χ3v) is 2.75. The molecule has 2 aromatic heterocycles. The number of hydrogen-bond donors (Lipinski definition) is 1. The van der Waals surface area contributed by atoms with Gasteiger partial charge in [-0.1, -0.05) is 0 Å². The van der Waals surface area contributed by atoms with Gasteiger partial charge in [0.1, 0.15) is 5.82 Å². The molecule has 2 rings (SSSR count). The molecule has 0 saturated heterocycles. The third-order valence-electron chi connectivity index (χ3n) is 2.01. The maximum Gasteiger partial charge on any atom is 0.212 e. The minimum Gasteiger partial charge on any atom is -0.383 e. The Balaban J connectivity index is 2.59. The number of hydrogen-bond acceptors (Lipinski definition) is 4. The average molecular weight is 194 g/mol. The van der Waals surface area contributed by atoms with E-state index in [-0.39, 0.29) is 0 Å². The van der Waals surface area contributed by atoms with E-state index in [2.05, 4.69) is 10.1 Å². The van der Waals surface area contributed by atoms with Gasteiger partial charge in [-0.05, 0) is 13.8 Å². The van der Waals surface area contributed by atoms with E-state index in [9.17, 15) is 0 Å². The summed E-state index contributed by atoms with van der Waals surface area (Å²) in [6.07, 6.45) is 1.74. The van der Waals surface area contributed by atoms with E-state index in [0.717, 1.165) is 16.4 Å². The molecule has 0 amide bonds. The summed E-state index contributed by atoms with van der Waals surface area (Å²) in [6.45, 7) is 3.90. The van der Waals surface area contributed by atoms with E-state index in [0.29, 0.717) is 5.82 Å². The third kappa shape index (κ3) is 1.21. The summed E-state index contributed by atoms with van der Waals surface area (Å²) >= 11 is 1.52. The van der Waals surface area contributed by atoms with Crippen molar-refractivity contribution in [3.05, 3.63) is 22.8 Å². The molecule has 0 unspecified atom stereocenters. The van der Waals surface area contributed by atoms with Gasteiger partial charge < -0.3 is 5.73 Å². The molecule has 0 aliphatic rings. The fraction of sp³-hybridized carbons (Fsp3) is 0.250. The lowest BCUT2D eigenvalue weighted by Gasteiger charge is -1.97. The van der Waals surface area contributed by atoms with Crippen molar-refractivity contribution in [2.24, 2.45) is 0 Å². The van der Waals surface area contributed by atoms with Gasteiger partial charge in [0.2, 0.25) is 5.13 Å². The highest BCUT2D eigenvalue weighted by atomic mass is 32.1. The van der Waals surface area contributed by atoms with Crippen LogP contribution in [-0.4, -0.2) is 14.8 Å². The van der Waals surface area contributed by atoms with Crippen LogP contribution in [0, 0.1) is 13.8 Å². The van der Waals surface area contributed by atoms with Crippen LogP contribution in [0.1, 0.15) is 11.3 Å². The van der Waals surface area contributed by atoms with Crippen molar-refractivity contribution < 1.29 is 0 Å². The molecule has 2 N–H and O–H groups in total. The van der Waals surface area contributed by atoms with Crippen LogP contribution in [0.15, 0.2) is 11.6 Å². The molecule has 5 heteroatoms. The highest BCUT2D eigenvalue weighted by Gasteiger charge is 2.10. The molecule has 2 heterocycles. The van der Waals surface area contributed by atoms with Gasteiger partial charge in [-0.25, -0.2) is 4.98 Å². The van der Waals surface area contributed by atoms with Crippen LogP contribution in [0.3, 0.4) is 0 Å². The van der Waals surface area contributed by atoms with Gasteiger partial charge in [0.25, 0.3) is 0 Å². The first-order chi connectivity index (χ1) is 6.20. The minimum atomic E-state index is 0.674. The first-order valence-corrected chi connectivity index (χ1v) is 4.79. The zero-order chi connectivity index (χ0) is 9.42. The summed E-state index contributed by atoms with van der Waals surface area (Å²) in [4.78, 5) is 4.14. The van der Waals surface area contributed by atoms with Crippen molar-refractivity contribution in [3.8, 4) is 5.13 Å². The van der Waals surface area contributed by atoms with Crippen LogP contribution >= 0.6 is 11.3 Å². The summed E-state index contributed by atoms with van der Waals surface area (Å²) in [6, 6.07) is 0. The molecule has 0 radical (unpaired) electrons. The Labute approximate surface area is 80.0 Å². The first-order valence-electron chi connectivity index (χ1n) is 3.91. The number of rotatable bonds is 1. The van der Waals surface area contributed by atoms with Gasteiger partial charge in [-0.2, -0.15) is 9.78 Å². The second-order valence-corrected chi connectivity index (χ2v) is 3.70. The molecule has 0 aliphatic carbocycles. The van der Waals surface area contributed by atoms with Gasteiger partial charge in [0.15, 0.2) is 0 Å². The highest BCUT2D eigenvalue weighted by molar-refractivity contribution is 7.12. The SMILES string of the molecule is Cc1nn(-c2nccs2)c(N)c1C. The number of anilines is 1. The number of nitrogens with two attached hydrogens (primary N) is 1. The lowest BCUT2D eigenvalue weighted by molar-refractivity contribution is 0.862. The molecule has 0 saturated carbocycles. The zero-order valence-corrected chi connectivity index (χ0v) is 8.30. The molecule has 0 atom stereocenters. The zero-order valence-electron chi connectivity index (χ0n) is 7.48. The Kier molecular flexibility index (Phi) is 1.81. The fourth-order valence-corrected chi connectivity index (χ4v) is 1.69. The summed E-state index contributed by atoms with van der Waals surface area (Å²) in [5, 5.41) is 7.01. The van der Waals surface area contributed by atoms with Gasteiger partial charge in [-0.15, -0.1) is 11.3 Å². The van der Waals surface area contributed by atoms with Crippen LogP contribution in [0.25, 0.3) is 5.13 Å². The largest absolute Gasteiger partial charge is 0.383 e. The van der Waals surface area contributed by atoms with E-state index in [1.54, 1.807) is 10.9 Å². The maximum atomic E-state index is 5.86. The Morgan fingerprint density at radius 2 is 2.23 bits per heavy atom. The Morgan fingerprint density at radius 1 is 1.46 bits per heavy atom. The van der Waals surface area contributed by atoms with E-state index >= 15 is 0 Å². The number of aryl methyl sites for hydroxylation is 1. The molecule has 68 valence electrons. The summed E-state index contributed by atoms with van der Waals surface area (Å²) in [5.74, 6) is 0.674. The minimum absolute atomic E-state index is 0.674. The van der Waals surface area contributed by atoms with Crippen molar-refractivity contribution in [2.75, 3.05) is 5.73 Å². The van der Waals surface area contributed by atoms with Crippen molar-refractivity contribution in [1.29, 1.82) is 0 Å². The standard InChI is InChI=1S/C8H10N4S/c1-5-6(2)11-12(7(5)9)8-10-3-4-13-8/h3-4H,9H2,1-2H3. The number of thiazole rings is 1. The Hall–Kier alpha value is -1.36. The summed E-state index contributed by atoms with van der Waals surface area (Å²) in [7, 11) is 0. The predicted molar refractivity (Wildman–Crippen MR) is 53.1 cm³/mol. The van der Waals surface area contributed by atoms with Crippen molar-refractivity contribution in [3.63, 3.8) is 0 Å². The van der Waals surface area contributed by atoms with Crippen molar-refractivity contribution >= 4 is 17.2 Å². The Morgan fingerprint density at radius 3 is 2.69 bits per heavy atom. The quantitative estimate of drug-likeness (QED) is 0.749. The van der Waals surface area contributed by atoms with Crippen LogP contribution in [0.4, 0.5) is 5.82 Å². The molecular formula is C8H10N4S. The molecule has 4 nitrogen and oxygen atoms in total. The van der Waals surface area contributed by atoms with Crippen LogP contribution in [-0.2, 0) is 0 Å². The van der Waals surface area contributed by atoms with E-state index in [1.165, 1.54) is 11.3 Å². The number of nitrogens with zero attached hydrogens (tertiary/aromatic N) is 3. The average Bonchev–Trinajstić information content (AvgIpc) is 2.70. The molecule has 0 bridgehead atoms. The predicted octanol–water partition coefficient (Wildman–Crippen LogP) is 1.53. The van der Waals surface area contributed by atoms with Crippen molar-refractivity contribution in [2.45, 2.75) is 13.8 Å². The summed E-state index contributed by atoms with van der Waals surface area (Å²) < 4.78 is 1.68. The van der Waals surface area contributed by atoms with Crippen LogP contribution < -0.4 is 5.73 Å². The first kappa shape index (κ1) is 8.25. The van der Waals surface area contributed by atoms with Crippen LogP contribution in [0.2, 0.25) is 0 Å². The van der Waals surface area contributed by atoms with Gasteiger partial charge in [0.05, 0.1) is 5.69 Å². The monoisotopic (exact) mass is 194 g/mol. The lowest BCUT2D eigenvalue weighted by Crippen LogP contribution is -2.01. The molecule has 0 spiro atoms. The second kappa shape index (κ2) is 2.85. The van der Waals surface area contributed by atoms with E-state index < -0.39 is 0 Å².